The maximum Gasteiger partial charge on any atom is 0.338 e. The number of carbonyl (C=O) groups excluding carboxylic acids is 1. The number of hydrazine groups is 1. The molecule has 1 atom stereocenters. The van der Waals surface area contributed by atoms with Crippen LogP contribution in [0.5, 0.6) is 0 Å². The van der Waals surface area contributed by atoms with Crippen LogP contribution in [0, 0.1) is 12.8 Å². The molecule has 0 aromatic heterocycles. The molecule has 0 unspecified atom stereocenters. The third-order valence-corrected chi connectivity index (χ3v) is 3.02. The van der Waals surface area contributed by atoms with E-state index in [9.17, 15) is 4.79 Å². The number of carbonyl (C=O) groups is 1. The van der Waals surface area contributed by atoms with Gasteiger partial charge in [-0.25, -0.2) is 15.2 Å². The quantitative estimate of drug-likeness (QED) is 0.862. The van der Waals surface area contributed by atoms with Crippen molar-refractivity contribution in [1.29, 1.82) is 0 Å². The first-order valence-corrected chi connectivity index (χ1v) is 6.36. The van der Waals surface area contributed by atoms with Crippen LogP contribution in [0.4, 0.5) is 10.5 Å². The first-order valence-electron chi connectivity index (χ1n) is 6.36. The number of anilines is 1. The predicted octanol–water partition coefficient (Wildman–Crippen LogP) is 2.79. The van der Waals surface area contributed by atoms with Crippen molar-refractivity contribution in [3.05, 3.63) is 29.8 Å². The molecule has 1 aliphatic heterocycles. The summed E-state index contributed by atoms with van der Waals surface area (Å²) in [6, 6.07) is 7.81. The molecule has 1 fully saturated rings. The van der Waals surface area contributed by atoms with Gasteiger partial charge in [-0.05, 0) is 43.9 Å². The predicted molar refractivity (Wildman–Crippen MR) is 73.2 cm³/mol. The summed E-state index contributed by atoms with van der Waals surface area (Å²) in [4.78, 5) is 12.0. The lowest BCUT2D eigenvalue weighted by atomic mass is 10.0. The lowest BCUT2D eigenvalue weighted by Gasteiger charge is -2.26. The number of benzene rings is 1. The lowest BCUT2D eigenvalue weighted by molar-refractivity contribution is 0.243. The Balaban J connectivity index is 2.19. The molecule has 1 heterocycles. The van der Waals surface area contributed by atoms with Gasteiger partial charge in [-0.15, -0.1) is 0 Å². The number of nitrogens with zero attached hydrogens (tertiary/aromatic N) is 1. The fourth-order valence-electron chi connectivity index (χ4n) is 2.48. The van der Waals surface area contributed by atoms with E-state index in [-0.39, 0.29) is 11.7 Å². The summed E-state index contributed by atoms with van der Waals surface area (Å²) in [6.07, 6.45) is 0.890. The zero-order chi connectivity index (χ0) is 13.3. The standard InChI is InChI=1S/C14H21N3O/c1-10(2)9-14(4)15-13(18)17(16-14)12-7-5-6-11(3)8-12/h5-8,10,16H,9H2,1-4H3,(H,15,18)/t14-/m0/s1. The minimum Gasteiger partial charge on any atom is -0.317 e. The van der Waals surface area contributed by atoms with Gasteiger partial charge in [-0.2, -0.15) is 0 Å². The molecule has 0 aliphatic carbocycles. The summed E-state index contributed by atoms with van der Waals surface area (Å²) in [7, 11) is 0. The molecule has 98 valence electrons. The molecule has 0 saturated carbocycles. The van der Waals surface area contributed by atoms with Crippen molar-refractivity contribution in [1.82, 2.24) is 10.7 Å². The molecule has 0 radical (unpaired) electrons. The summed E-state index contributed by atoms with van der Waals surface area (Å²) < 4.78 is 0. The number of amides is 2. The number of hydrogen-bond acceptors (Lipinski definition) is 2. The highest BCUT2D eigenvalue weighted by Crippen LogP contribution is 2.23. The molecular formula is C14H21N3O. The van der Waals surface area contributed by atoms with E-state index in [1.165, 1.54) is 0 Å². The molecule has 2 amide bonds. The Morgan fingerprint density at radius 2 is 2.11 bits per heavy atom. The lowest BCUT2D eigenvalue weighted by Crippen LogP contribution is -2.49. The van der Waals surface area contributed by atoms with Crippen LogP contribution in [0.15, 0.2) is 24.3 Å². The van der Waals surface area contributed by atoms with Gasteiger partial charge in [0.05, 0.1) is 5.69 Å². The third-order valence-electron chi connectivity index (χ3n) is 3.02. The van der Waals surface area contributed by atoms with Crippen LogP contribution in [0.25, 0.3) is 0 Å². The van der Waals surface area contributed by atoms with E-state index in [1.54, 1.807) is 5.01 Å². The number of aryl methyl sites for hydroxylation is 1. The summed E-state index contributed by atoms with van der Waals surface area (Å²) in [6.45, 7) is 8.33. The fourth-order valence-corrected chi connectivity index (χ4v) is 2.48. The summed E-state index contributed by atoms with van der Waals surface area (Å²) in [5.74, 6) is 0.514. The van der Waals surface area contributed by atoms with Crippen LogP contribution in [0.2, 0.25) is 0 Å². The fraction of sp³-hybridized carbons (Fsp3) is 0.500. The molecule has 2 rings (SSSR count). The first kappa shape index (κ1) is 12.9. The van der Waals surface area contributed by atoms with E-state index in [1.807, 2.05) is 38.1 Å². The van der Waals surface area contributed by atoms with Gasteiger partial charge in [0, 0.05) is 0 Å². The number of nitrogens with one attached hydrogen (secondary N) is 2. The SMILES string of the molecule is Cc1cccc(N2N[C@@](C)(CC(C)C)NC2=O)c1. The van der Waals surface area contributed by atoms with E-state index in [0.717, 1.165) is 17.7 Å². The van der Waals surface area contributed by atoms with Crippen LogP contribution >= 0.6 is 0 Å². The van der Waals surface area contributed by atoms with Gasteiger partial charge in [0.15, 0.2) is 0 Å². The Morgan fingerprint density at radius 1 is 1.39 bits per heavy atom. The second-order valence-corrected chi connectivity index (χ2v) is 5.65. The van der Waals surface area contributed by atoms with Gasteiger partial charge >= 0.3 is 6.03 Å². The van der Waals surface area contributed by atoms with Gasteiger partial charge in [-0.1, -0.05) is 26.0 Å². The second kappa shape index (κ2) is 4.61. The highest BCUT2D eigenvalue weighted by molar-refractivity contribution is 5.93. The molecule has 2 N–H and O–H groups in total. The van der Waals surface area contributed by atoms with Crippen LogP contribution in [0.1, 0.15) is 32.8 Å². The zero-order valence-corrected chi connectivity index (χ0v) is 11.4. The van der Waals surface area contributed by atoms with Crippen molar-refractivity contribution in [2.75, 3.05) is 5.01 Å². The maximum atomic E-state index is 12.0. The van der Waals surface area contributed by atoms with E-state index >= 15 is 0 Å². The number of hydrogen-bond donors (Lipinski definition) is 2. The number of rotatable bonds is 3. The van der Waals surface area contributed by atoms with Crippen LogP contribution in [-0.2, 0) is 0 Å². The Kier molecular flexibility index (Phi) is 3.30. The van der Waals surface area contributed by atoms with Crippen molar-refractivity contribution in [3.63, 3.8) is 0 Å². The van der Waals surface area contributed by atoms with Crippen LogP contribution in [0.3, 0.4) is 0 Å². The van der Waals surface area contributed by atoms with Gasteiger partial charge in [-0.3, -0.25) is 0 Å². The molecule has 1 saturated heterocycles. The minimum atomic E-state index is -0.366. The topological polar surface area (TPSA) is 44.4 Å². The van der Waals surface area contributed by atoms with E-state index in [4.69, 9.17) is 0 Å². The summed E-state index contributed by atoms with van der Waals surface area (Å²) in [5, 5.41) is 4.60. The van der Waals surface area contributed by atoms with Crippen LogP contribution in [-0.4, -0.2) is 11.7 Å². The molecule has 0 bridgehead atoms. The van der Waals surface area contributed by atoms with Gasteiger partial charge in [0.1, 0.15) is 5.66 Å². The van der Waals surface area contributed by atoms with E-state index in [0.29, 0.717) is 5.92 Å². The molecule has 18 heavy (non-hydrogen) atoms. The molecule has 4 nitrogen and oxygen atoms in total. The molecular weight excluding hydrogens is 226 g/mol. The maximum absolute atomic E-state index is 12.0. The Bertz CT molecular complexity index is 458. The average Bonchev–Trinajstić information content (AvgIpc) is 2.52. The van der Waals surface area contributed by atoms with E-state index in [2.05, 4.69) is 24.6 Å². The van der Waals surface area contributed by atoms with Crippen LogP contribution < -0.4 is 15.8 Å². The smallest absolute Gasteiger partial charge is 0.317 e. The van der Waals surface area contributed by atoms with Crippen molar-refractivity contribution in [3.8, 4) is 0 Å². The Labute approximate surface area is 108 Å². The van der Waals surface area contributed by atoms with Gasteiger partial charge < -0.3 is 5.32 Å². The molecule has 4 heteroatoms. The normalized spacial score (nSPS) is 23.6. The summed E-state index contributed by atoms with van der Waals surface area (Å²) >= 11 is 0. The average molecular weight is 247 g/mol. The largest absolute Gasteiger partial charge is 0.338 e. The third kappa shape index (κ3) is 2.64. The van der Waals surface area contributed by atoms with Crippen molar-refractivity contribution < 1.29 is 4.79 Å². The molecule has 0 spiro atoms. The Morgan fingerprint density at radius 3 is 2.72 bits per heavy atom. The zero-order valence-electron chi connectivity index (χ0n) is 11.4. The minimum absolute atomic E-state index is 0.0937. The van der Waals surface area contributed by atoms with Gasteiger partial charge in [0.2, 0.25) is 0 Å². The second-order valence-electron chi connectivity index (χ2n) is 5.65. The molecule has 1 aliphatic rings. The van der Waals surface area contributed by atoms with Gasteiger partial charge in [0.25, 0.3) is 0 Å². The Hall–Kier alpha value is -1.55. The van der Waals surface area contributed by atoms with E-state index < -0.39 is 0 Å². The number of urea groups is 1. The highest BCUT2D eigenvalue weighted by atomic mass is 16.2. The molecule has 1 aromatic rings. The van der Waals surface area contributed by atoms with Crippen molar-refractivity contribution in [2.24, 2.45) is 5.92 Å². The molecule has 1 aromatic carbocycles. The summed E-state index contributed by atoms with van der Waals surface area (Å²) in [5.41, 5.74) is 4.91. The van der Waals surface area contributed by atoms with Crippen molar-refractivity contribution in [2.45, 2.75) is 39.8 Å². The monoisotopic (exact) mass is 247 g/mol. The first-order chi connectivity index (χ1) is 8.39. The van der Waals surface area contributed by atoms with Crippen molar-refractivity contribution >= 4 is 11.7 Å². The highest BCUT2D eigenvalue weighted by Gasteiger charge is 2.39.